The molecule has 0 spiro atoms. The Kier molecular flexibility index (Phi) is 4.83. The lowest BCUT2D eigenvalue weighted by atomic mass is 9.84. The first-order valence-corrected chi connectivity index (χ1v) is 14.6. The van der Waals surface area contributed by atoms with Crippen LogP contribution in [0.25, 0.3) is 87.6 Å². The second kappa shape index (κ2) is 9.44. The van der Waals surface area contributed by atoms with Gasteiger partial charge in [0.05, 0.1) is 2.74 Å². The van der Waals surface area contributed by atoms with Crippen molar-refractivity contribution in [1.29, 1.82) is 0 Å². The van der Waals surface area contributed by atoms with Gasteiger partial charge in [-0.25, -0.2) is 0 Å². The van der Waals surface area contributed by atoms with Gasteiger partial charge in [0.1, 0.15) is 11.2 Å². The van der Waals surface area contributed by atoms with Crippen LogP contribution in [0.15, 0.2) is 162 Å². The van der Waals surface area contributed by atoms with Crippen LogP contribution in [-0.4, -0.2) is 0 Å². The van der Waals surface area contributed by atoms with Gasteiger partial charge in [0, 0.05) is 10.8 Å². The first-order valence-electron chi connectivity index (χ1n) is 15.6. The highest BCUT2D eigenvalue weighted by molar-refractivity contribution is 6.25. The van der Waals surface area contributed by atoms with Crippen molar-refractivity contribution in [2.45, 2.75) is 0 Å². The number of hydrogen-bond donors (Lipinski definition) is 0. The molecular weight excluding hydrogens is 520 g/mol. The van der Waals surface area contributed by atoms with Crippen molar-refractivity contribution in [2.75, 3.05) is 0 Å². The molecule has 1 nitrogen and oxygen atoms in total. The highest BCUT2D eigenvalue weighted by Gasteiger charge is 2.20. The minimum absolute atomic E-state index is 0.442. The molecule has 0 unspecified atom stereocenters. The van der Waals surface area contributed by atoms with Crippen molar-refractivity contribution >= 4 is 54.3 Å². The Labute approximate surface area is 252 Å². The van der Waals surface area contributed by atoms with E-state index in [1.165, 1.54) is 38.2 Å². The number of fused-ring (bicyclic) bond motifs is 6. The topological polar surface area (TPSA) is 13.1 Å². The highest BCUT2D eigenvalue weighted by atomic mass is 16.3. The fourth-order valence-corrected chi connectivity index (χ4v) is 6.79. The van der Waals surface area contributed by atoms with Crippen LogP contribution in [0.4, 0.5) is 0 Å². The molecule has 0 aliphatic rings. The zero-order chi connectivity index (χ0) is 30.1. The number of hydrogen-bond acceptors (Lipinski definition) is 1. The van der Waals surface area contributed by atoms with E-state index < -0.39 is 0 Å². The molecule has 0 N–H and O–H groups in total. The molecule has 1 heterocycles. The smallest absolute Gasteiger partial charge is 0.136 e. The summed E-state index contributed by atoms with van der Waals surface area (Å²) in [5.41, 5.74) is 8.61. The Morgan fingerprint density at radius 2 is 1.02 bits per heavy atom. The predicted octanol–water partition coefficient (Wildman–Crippen LogP) is 12.0. The normalized spacial score (nSPS) is 12.4. The quantitative estimate of drug-likeness (QED) is 0.200. The molecule has 8 aromatic carbocycles. The van der Waals surface area contributed by atoms with Gasteiger partial charge < -0.3 is 4.42 Å². The van der Waals surface area contributed by atoms with E-state index in [2.05, 4.69) is 103 Å². The molecule has 0 radical (unpaired) electrons. The van der Waals surface area contributed by atoms with Gasteiger partial charge in [-0.15, -0.1) is 0 Å². The zero-order valence-corrected chi connectivity index (χ0v) is 23.3. The molecule has 0 aliphatic heterocycles. The molecule has 43 heavy (non-hydrogen) atoms. The molecule has 0 aliphatic carbocycles. The van der Waals surface area contributed by atoms with E-state index >= 15 is 0 Å². The van der Waals surface area contributed by atoms with E-state index in [1.807, 2.05) is 36.4 Å². The van der Waals surface area contributed by atoms with Crippen molar-refractivity contribution in [3.8, 4) is 33.4 Å². The first-order chi connectivity index (χ1) is 22.1. The molecule has 0 fully saturated rings. The van der Waals surface area contributed by atoms with Crippen molar-refractivity contribution in [2.24, 2.45) is 0 Å². The van der Waals surface area contributed by atoms with Gasteiger partial charge in [-0.1, -0.05) is 139 Å². The summed E-state index contributed by atoms with van der Waals surface area (Å²) >= 11 is 0. The maximum absolute atomic E-state index is 8.12. The lowest BCUT2D eigenvalue weighted by Gasteiger charge is -2.18. The summed E-state index contributed by atoms with van der Waals surface area (Å²) in [7, 11) is 0. The van der Waals surface area contributed by atoms with Crippen molar-refractivity contribution in [3.05, 3.63) is 158 Å². The van der Waals surface area contributed by atoms with Gasteiger partial charge >= 0.3 is 0 Å². The summed E-state index contributed by atoms with van der Waals surface area (Å²) < 4.78 is 22.3. The Hall–Kier alpha value is -5.66. The van der Waals surface area contributed by atoms with Crippen LogP contribution >= 0.6 is 0 Å². The zero-order valence-electron chi connectivity index (χ0n) is 25.3. The maximum atomic E-state index is 8.12. The largest absolute Gasteiger partial charge is 0.456 e. The molecule has 9 rings (SSSR count). The average Bonchev–Trinajstić information content (AvgIpc) is 3.45. The van der Waals surface area contributed by atoms with Crippen molar-refractivity contribution in [1.82, 2.24) is 0 Å². The predicted molar refractivity (Wildman–Crippen MR) is 183 cm³/mol. The number of benzene rings is 8. The van der Waals surface area contributed by atoms with Gasteiger partial charge in [-0.05, 0) is 83.9 Å². The summed E-state index contributed by atoms with van der Waals surface area (Å²) in [6.07, 6.45) is 0. The van der Waals surface area contributed by atoms with E-state index in [0.717, 1.165) is 49.4 Å². The summed E-state index contributed by atoms with van der Waals surface area (Å²) in [5.74, 6) is 0. The van der Waals surface area contributed by atoms with Crippen LogP contribution in [0.2, 0.25) is 0 Å². The summed E-state index contributed by atoms with van der Waals surface area (Å²) in [4.78, 5) is 0. The number of furan rings is 1. The third kappa shape index (κ3) is 3.72. The second-order valence-corrected chi connectivity index (χ2v) is 11.1. The first kappa shape index (κ1) is 22.0. The Morgan fingerprint density at radius 1 is 0.395 bits per heavy atom. The second-order valence-electron chi connectivity index (χ2n) is 11.1. The van der Waals surface area contributed by atoms with E-state index in [1.54, 1.807) is 6.07 Å². The summed E-state index contributed by atoms with van der Waals surface area (Å²) in [5, 5.41) is 9.12. The number of para-hydroxylation sites is 1. The summed E-state index contributed by atoms with van der Waals surface area (Å²) in [6, 6.07) is 51.5. The van der Waals surface area contributed by atoms with Crippen LogP contribution in [0.5, 0.6) is 0 Å². The van der Waals surface area contributed by atoms with Gasteiger partial charge in [0.15, 0.2) is 0 Å². The van der Waals surface area contributed by atoms with E-state index in [4.69, 9.17) is 7.16 Å². The van der Waals surface area contributed by atoms with E-state index in [9.17, 15) is 0 Å². The Bertz CT molecular complexity index is 2550. The molecule has 200 valence electrons. The fourth-order valence-electron chi connectivity index (χ4n) is 6.79. The molecule has 0 atom stereocenters. The molecular formula is C42H26O. The van der Waals surface area contributed by atoms with Gasteiger partial charge in [0.2, 0.25) is 0 Å². The van der Waals surface area contributed by atoms with Gasteiger partial charge in [-0.3, -0.25) is 0 Å². The maximum Gasteiger partial charge on any atom is 0.136 e. The van der Waals surface area contributed by atoms with Crippen LogP contribution in [0.1, 0.15) is 2.74 Å². The SMILES string of the molecule is [2H]c1ccc2cc(-c3ccc(-c4c5ccccc5c(-c5cccc6oc7cc([2H])ccc7c56)c5ccccc45)cc3)ccc2c1. The third-order valence-electron chi connectivity index (χ3n) is 8.73. The van der Waals surface area contributed by atoms with Gasteiger partial charge in [-0.2, -0.15) is 0 Å². The lowest BCUT2D eigenvalue weighted by molar-refractivity contribution is 0.669. The molecule has 0 bridgehead atoms. The van der Waals surface area contributed by atoms with Crippen molar-refractivity contribution < 1.29 is 7.16 Å². The van der Waals surface area contributed by atoms with Gasteiger partial charge in [0.25, 0.3) is 0 Å². The molecule has 9 aromatic rings. The van der Waals surface area contributed by atoms with Crippen LogP contribution in [0, 0.1) is 0 Å². The van der Waals surface area contributed by atoms with E-state index in [-0.39, 0.29) is 0 Å². The van der Waals surface area contributed by atoms with Crippen LogP contribution < -0.4 is 0 Å². The van der Waals surface area contributed by atoms with E-state index in [0.29, 0.717) is 12.1 Å². The molecule has 0 saturated heterocycles. The monoisotopic (exact) mass is 548 g/mol. The fraction of sp³-hybridized carbons (Fsp3) is 0. The summed E-state index contributed by atoms with van der Waals surface area (Å²) in [6.45, 7) is 0. The average molecular weight is 549 g/mol. The molecule has 1 heteroatoms. The standard InChI is InChI=1S/C42H26O/c1-2-11-30-26-31(25-22-27(30)10-1)28-20-23-29(24-21-28)40-32-12-3-5-14-34(32)41(35-15-6-4-13-33(35)40)37-17-9-19-39-42(37)36-16-7-8-18-38(36)43-39/h1-26H/i1D,8D. The highest BCUT2D eigenvalue weighted by Crippen LogP contribution is 2.46. The molecule has 1 aromatic heterocycles. The Balaban J connectivity index is 1.27. The molecule has 0 amide bonds. The van der Waals surface area contributed by atoms with Crippen molar-refractivity contribution in [3.63, 3.8) is 0 Å². The molecule has 0 saturated carbocycles. The lowest BCUT2D eigenvalue weighted by Crippen LogP contribution is -1.91. The minimum Gasteiger partial charge on any atom is -0.456 e. The third-order valence-corrected chi connectivity index (χ3v) is 8.73. The Morgan fingerprint density at radius 3 is 1.79 bits per heavy atom. The van der Waals surface area contributed by atoms with Crippen LogP contribution in [-0.2, 0) is 0 Å². The number of rotatable bonds is 3. The van der Waals surface area contributed by atoms with Crippen LogP contribution in [0.3, 0.4) is 0 Å². The minimum atomic E-state index is 0.442.